The van der Waals surface area contributed by atoms with E-state index in [4.69, 9.17) is 0 Å². The van der Waals surface area contributed by atoms with Crippen LogP contribution in [0.5, 0.6) is 11.6 Å². The Balaban J connectivity index is 2.82. The van der Waals surface area contributed by atoms with Gasteiger partial charge in [0.25, 0.3) is 5.88 Å². The van der Waals surface area contributed by atoms with E-state index in [-0.39, 0.29) is 16.9 Å². The first-order chi connectivity index (χ1) is 7.13. The van der Waals surface area contributed by atoms with Crippen molar-refractivity contribution < 1.29 is 18.6 Å². The normalized spacial score (nSPS) is 10.6. The number of ether oxygens (including phenoxy) is 1. The first-order valence-electron chi connectivity index (χ1n) is 4.01. The van der Waals surface area contributed by atoms with Crippen LogP contribution < -0.4 is 4.74 Å². The second-order valence-corrected chi connectivity index (χ2v) is 2.80. The Morgan fingerprint density at radius 2 is 2.07 bits per heavy atom. The molecule has 2 heterocycles. The van der Waals surface area contributed by atoms with Gasteiger partial charge in [-0.2, -0.15) is 0 Å². The molecule has 15 heavy (non-hydrogen) atoms. The first kappa shape index (κ1) is 9.57. The fourth-order valence-electron chi connectivity index (χ4n) is 1.18. The maximum atomic E-state index is 13.1. The summed E-state index contributed by atoms with van der Waals surface area (Å²) in [6.45, 7) is 0. The van der Waals surface area contributed by atoms with Gasteiger partial charge < -0.3 is 9.84 Å². The van der Waals surface area contributed by atoms with Crippen molar-refractivity contribution in [3.63, 3.8) is 0 Å². The quantitative estimate of drug-likeness (QED) is 0.780. The maximum Gasteiger partial charge on any atom is 0.250 e. The number of aromatic hydroxyl groups is 1. The van der Waals surface area contributed by atoms with Crippen molar-refractivity contribution in [1.29, 1.82) is 0 Å². The summed E-state index contributed by atoms with van der Waals surface area (Å²) >= 11 is 0. The number of fused-ring (bicyclic) bond motifs is 1. The van der Waals surface area contributed by atoms with Gasteiger partial charge in [0.05, 0.1) is 18.8 Å². The van der Waals surface area contributed by atoms with E-state index >= 15 is 0 Å². The Morgan fingerprint density at radius 3 is 2.73 bits per heavy atom. The number of nitrogens with zero attached hydrogens (tertiary/aromatic N) is 2. The van der Waals surface area contributed by atoms with Crippen LogP contribution in [-0.4, -0.2) is 22.2 Å². The van der Waals surface area contributed by atoms with Crippen LogP contribution >= 0.6 is 0 Å². The Morgan fingerprint density at radius 1 is 1.33 bits per heavy atom. The summed E-state index contributed by atoms with van der Waals surface area (Å²) in [5.74, 6) is -2.62. The van der Waals surface area contributed by atoms with E-state index in [2.05, 4.69) is 14.7 Å². The fourth-order valence-corrected chi connectivity index (χ4v) is 1.18. The van der Waals surface area contributed by atoms with Gasteiger partial charge in [0.15, 0.2) is 17.4 Å². The van der Waals surface area contributed by atoms with Crippen molar-refractivity contribution >= 4 is 11.0 Å². The van der Waals surface area contributed by atoms with Crippen LogP contribution in [0.1, 0.15) is 0 Å². The van der Waals surface area contributed by atoms with E-state index in [1.54, 1.807) is 0 Å². The van der Waals surface area contributed by atoms with E-state index in [1.807, 2.05) is 0 Å². The Bertz CT molecular complexity index is 531. The van der Waals surface area contributed by atoms with Crippen LogP contribution in [0.4, 0.5) is 8.78 Å². The van der Waals surface area contributed by atoms with E-state index < -0.39 is 17.4 Å². The highest BCUT2D eigenvalue weighted by Gasteiger charge is 2.13. The molecule has 2 rings (SSSR count). The second-order valence-electron chi connectivity index (χ2n) is 2.80. The number of hydrogen-bond donors (Lipinski definition) is 1. The molecule has 0 radical (unpaired) electrons. The van der Waals surface area contributed by atoms with Gasteiger partial charge in [-0.15, -0.1) is 0 Å². The number of methoxy groups -OCH3 is 1. The minimum Gasteiger partial charge on any atom is -0.503 e. The smallest absolute Gasteiger partial charge is 0.250 e. The molecular formula is C9H6F2N2O2. The first-order valence-corrected chi connectivity index (χ1v) is 4.01. The molecule has 0 saturated heterocycles. The molecule has 0 bridgehead atoms. The molecule has 0 aliphatic rings. The monoisotopic (exact) mass is 212 g/mol. The van der Waals surface area contributed by atoms with Gasteiger partial charge in [-0.05, 0) is 0 Å². The topological polar surface area (TPSA) is 55.2 Å². The van der Waals surface area contributed by atoms with Gasteiger partial charge in [-0.1, -0.05) is 0 Å². The zero-order valence-electron chi connectivity index (χ0n) is 7.66. The predicted molar refractivity (Wildman–Crippen MR) is 47.7 cm³/mol. The molecule has 0 atom stereocenters. The van der Waals surface area contributed by atoms with Gasteiger partial charge in [-0.3, -0.25) is 4.98 Å². The molecule has 0 fully saturated rings. The molecule has 0 saturated carbocycles. The molecule has 0 aromatic carbocycles. The number of rotatable bonds is 1. The van der Waals surface area contributed by atoms with Crippen LogP contribution in [-0.2, 0) is 0 Å². The summed E-state index contributed by atoms with van der Waals surface area (Å²) in [6.07, 6.45) is 0.797. The molecule has 4 nitrogen and oxygen atoms in total. The number of aromatic nitrogens is 2. The summed E-state index contributed by atoms with van der Waals surface area (Å²) in [7, 11) is 1.22. The second kappa shape index (κ2) is 3.30. The lowest BCUT2D eigenvalue weighted by Gasteiger charge is -2.04. The molecular weight excluding hydrogens is 206 g/mol. The number of hydrogen-bond acceptors (Lipinski definition) is 4. The van der Waals surface area contributed by atoms with Crippen molar-refractivity contribution in [2.75, 3.05) is 7.11 Å². The van der Waals surface area contributed by atoms with Crippen LogP contribution in [0.2, 0.25) is 0 Å². The highest BCUT2D eigenvalue weighted by atomic mass is 19.1. The van der Waals surface area contributed by atoms with Crippen molar-refractivity contribution in [2.24, 2.45) is 0 Å². The highest BCUT2D eigenvalue weighted by Crippen LogP contribution is 2.27. The summed E-state index contributed by atoms with van der Waals surface area (Å²) in [6, 6.07) is 1.01. The average Bonchev–Trinajstić information content (AvgIpc) is 2.23. The summed E-state index contributed by atoms with van der Waals surface area (Å²) in [5, 5.41) is 9.31. The van der Waals surface area contributed by atoms with Crippen molar-refractivity contribution in [1.82, 2.24) is 9.97 Å². The molecule has 0 aliphatic heterocycles. The van der Waals surface area contributed by atoms with E-state index in [0.717, 1.165) is 12.3 Å². The predicted octanol–water partition coefficient (Wildman–Crippen LogP) is 1.62. The summed E-state index contributed by atoms with van der Waals surface area (Å²) < 4.78 is 30.6. The zero-order valence-corrected chi connectivity index (χ0v) is 7.66. The third kappa shape index (κ3) is 1.43. The van der Waals surface area contributed by atoms with Gasteiger partial charge >= 0.3 is 0 Å². The highest BCUT2D eigenvalue weighted by molar-refractivity contribution is 5.81. The zero-order chi connectivity index (χ0) is 11.0. The minimum absolute atomic E-state index is 0.0622. The Hall–Kier alpha value is -1.98. The van der Waals surface area contributed by atoms with Crippen molar-refractivity contribution in [2.45, 2.75) is 0 Å². The van der Waals surface area contributed by atoms with Gasteiger partial charge in [0.1, 0.15) is 5.52 Å². The SMILES string of the molecule is COc1nc2c(O)c(F)cnc2cc1F. The molecule has 2 aromatic rings. The number of halogens is 2. The summed E-state index contributed by atoms with van der Waals surface area (Å²) in [5.41, 5.74) is -0.0690. The molecule has 6 heteroatoms. The Kier molecular flexibility index (Phi) is 2.11. The lowest BCUT2D eigenvalue weighted by molar-refractivity contribution is 0.369. The van der Waals surface area contributed by atoms with E-state index in [0.29, 0.717) is 0 Å². The van der Waals surface area contributed by atoms with Crippen molar-refractivity contribution in [3.05, 3.63) is 23.9 Å². The van der Waals surface area contributed by atoms with E-state index in [1.165, 1.54) is 7.11 Å². The van der Waals surface area contributed by atoms with Gasteiger partial charge in [0, 0.05) is 6.07 Å². The third-order valence-corrected chi connectivity index (χ3v) is 1.88. The Labute approximate surface area is 83.2 Å². The fraction of sp³-hybridized carbons (Fsp3) is 0.111. The lowest BCUT2D eigenvalue weighted by atomic mass is 10.3. The van der Waals surface area contributed by atoms with Crippen LogP contribution in [0.3, 0.4) is 0 Å². The largest absolute Gasteiger partial charge is 0.503 e. The molecule has 1 N–H and O–H groups in total. The molecule has 2 aromatic heterocycles. The molecule has 78 valence electrons. The maximum absolute atomic E-state index is 13.1. The number of pyridine rings is 2. The molecule has 0 aliphatic carbocycles. The van der Waals surface area contributed by atoms with Crippen LogP contribution in [0.15, 0.2) is 12.3 Å². The molecule has 0 unspecified atom stereocenters. The van der Waals surface area contributed by atoms with Crippen LogP contribution in [0.25, 0.3) is 11.0 Å². The standard InChI is InChI=1S/C9H6F2N2O2/c1-15-9-4(10)2-6-7(13-9)8(14)5(11)3-12-6/h2-3H,1H3,(H,12,14). The average molecular weight is 212 g/mol. The van der Waals surface area contributed by atoms with Gasteiger partial charge in [0.2, 0.25) is 0 Å². The lowest BCUT2D eigenvalue weighted by Crippen LogP contribution is -1.95. The summed E-state index contributed by atoms with van der Waals surface area (Å²) in [4.78, 5) is 7.19. The van der Waals surface area contributed by atoms with Gasteiger partial charge in [-0.25, -0.2) is 13.8 Å². The minimum atomic E-state index is -0.913. The third-order valence-electron chi connectivity index (χ3n) is 1.88. The van der Waals surface area contributed by atoms with Crippen LogP contribution in [0, 0.1) is 11.6 Å². The van der Waals surface area contributed by atoms with E-state index in [9.17, 15) is 13.9 Å². The molecule has 0 amide bonds. The molecule has 0 spiro atoms. The van der Waals surface area contributed by atoms with Crippen molar-refractivity contribution in [3.8, 4) is 11.6 Å².